The molecule has 0 fully saturated rings. The van der Waals surface area contributed by atoms with Gasteiger partial charge in [0.15, 0.2) is 5.82 Å². The van der Waals surface area contributed by atoms with E-state index >= 15 is 0 Å². The van der Waals surface area contributed by atoms with Crippen molar-refractivity contribution < 1.29 is 0 Å². The van der Waals surface area contributed by atoms with Crippen molar-refractivity contribution in [3.63, 3.8) is 0 Å². The summed E-state index contributed by atoms with van der Waals surface area (Å²) in [5.74, 6) is 0.902. The second kappa shape index (κ2) is 5.96. The van der Waals surface area contributed by atoms with E-state index in [4.69, 9.17) is 0 Å². The molecule has 0 aliphatic rings. The summed E-state index contributed by atoms with van der Waals surface area (Å²) >= 11 is 0. The maximum atomic E-state index is 4.22. The van der Waals surface area contributed by atoms with Gasteiger partial charge in [0.1, 0.15) is 6.33 Å². The molecule has 0 amide bonds. The van der Waals surface area contributed by atoms with Crippen LogP contribution in [0.25, 0.3) is 0 Å². The van der Waals surface area contributed by atoms with Crippen molar-refractivity contribution in [1.29, 1.82) is 0 Å². The van der Waals surface area contributed by atoms with Crippen molar-refractivity contribution in [3.05, 3.63) is 12.2 Å². The van der Waals surface area contributed by atoms with Crippen molar-refractivity contribution in [2.45, 2.75) is 32.7 Å². The van der Waals surface area contributed by atoms with Gasteiger partial charge in [-0.15, -0.1) is 0 Å². The van der Waals surface area contributed by atoms with E-state index in [0.717, 1.165) is 31.9 Å². The molecule has 0 saturated heterocycles. The molecule has 5 nitrogen and oxygen atoms in total. The Morgan fingerprint density at radius 3 is 2.56 bits per heavy atom. The van der Waals surface area contributed by atoms with E-state index in [1.54, 1.807) is 11.0 Å². The molecule has 0 bridgehead atoms. The molecule has 0 atom stereocenters. The highest BCUT2D eigenvalue weighted by Gasteiger charge is 2.06. The van der Waals surface area contributed by atoms with Gasteiger partial charge in [-0.3, -0.25) is 4.68 Å². The van der Waals surface area contributed by atoms with E-state index < -0.39 is 0 Å². The van der Waals surface area contributed by atoms with E-state index in [2.05, 4.69) is 41.5 Å². The normalized spacial score (nSPS) is 12.0. The highest BCUT2D eigenvalue weighted by molar-refractivity contribution is 4.82. The SMILES string of the molecule is Cn1cnc(CCNCCNC(C)(C)C)n1. The minimum absolute atomic E-state index is 0.199. The highest BCUT2D eigenvalue weighted by atomic mass is 15.3. The van der Waals surface area contributed by atoms with Crippen LogP contribution in [0, 0.1) is 0 Å². The van der Waals surface area contributed by atoms with Gasteiger partial charge in [-0.2, -0.15) is 5.10 Å². The van der Waals surface area contributed by atoms with Crippen LogP contribution in [0.15, 0.2) is 6.33 Å². The van der Waals surface area contributed by atoms with Gasteiger partial charge in [0.05, 0.1) is 0 Å². The summed E-state index contributed by atoms with van der Waals surface area (Å²) in [6.45, 7) is 9.40. The molecule has 0 aliphatic heterocycles. The second-order valence-corrected chi connectivity index (χ2v) is 5.01. The van der Waals surface area contributed by atoms with Gasteiger partial charge in [0, 0.05) is 38.6 Å². The fraction of sp³-hybridized carbons (Fsp3) is 0.818. The summed E-state index contributed by atoms with van der Waals surface area (Å²) < 4.78 is 1.73. The number of nitrogens with one attached hydrogen (secondary N) is 2. The van der Waals surface area contributed by atoms with Gasteiger partial charge in [-0.25, -0.2) is 4.98 Å². The molecule has 92 valence electrons. The predicted molar refractivity (Wildman–Crippen MR) is 65.3 cm³/mol. The Bertz CT molecular complexity index is 300. The maximum absolute atomic E-state index is 4.22. The molecular weight excluding hydrogens is 202 g/mol. The Balaban J connectivity index is 2.00. The van der Waals surface area contributed by atoms with Gasteiger partial charge < -0.3 is 10.6 Å². The van der Waals surface area contributed by atoms with Crippen molar-refractivity contribution in [3.8, 4) is 0 Å². The number of aryl methyl sites for hydroxylation is 1. The molecule has 16 heavy (non-hydrogen) atoms. The summed E-state index contributed by atoms with van der Waals surface area (Å²) in [6, 6.07) is 0. The Hall–Kier alpha value is -0.940. The smallest absolute Gasteiger partial charge is 0.151 e. The molecular formula is C11H23N5. The lowest BCUT2D eigenvalue weighted by atomic mass is 10.1. The first-order chi connectivity index (χ1) is 7.47. The Labute approximate surface area is 97.6 Å². The summed E-state index contributed by atoms with van der Waals surface area (Å²) in [4.78, 5) is 4.17. The fourth-order valence-corrected chi connectivity index (χ4v) is 1.35. The van der Waals surface area contributed by atoms with Gasteiger partial charge >= 0.3 is 0 Å². The minimum atomic E-state index is 0.199. The molecule has 1 aromatic heterocycles. The highest BCUT2D eigenvalue weighted by Crippen LogP contribution is 1.96. The first-order valence-electron chi connectivity index (χ1n) is 5.78. The summed E-state index contributed by atoms with van der Waals surface area (Å²) in [5, 5.41) is 11.0. The lowest BCUT2D eigenvalue weighted by Crippen LogP contribution is -2.40. The van der Waals surface area contributed by atoms with Crippen LogP contribution in [-0.2, 0) is 13.5 Å². The number of aromatic nitrogens is 3. The number of nitrogens with zero attached hydrogens (tertiary/aromatic N) is 3. The largest absolute Gasteiger partial charge is 0.315 e. The maximum Gasteiger partial charge on any atom is 0.151 e. The van der Waals surface area contributed by atoms with Crippen LogP contribution in [0.2, 0.25) is 0 Å². The van der Waals surface area contributed by atoms with E-state index in [9.17, 15) is 0 Å². The second-order valence-electron chi connectivity index (χ2n) is 5.01. The van der Waals surface area contributed by atoms with Gasteiger partial charge in [-0.1, -0.05) is 0 Å². The standard InChI is InChI=1S/C11H23N5/c1-11(2,3)14-8-7-12-6-5-10-13-9-16(4)15-10/h9,12,14H,5-8H2,1-4H3. The van der Waals surface area contributed by atoms with Crippen LogP contribution < -0.4 is 10.6 Å². The summed E-state index contributed by atoms with van der Waals surface area (Å²) in [5.41, 5.74) is 0.199. The summed E-state index contributed by atoms with van der Waals surface area (Å²) in [7, 11) is 1.89. The average molecular weight is 225 g/mol. The Morgan fingerprint density at radius 1 is 1.25 bits per heavy atom. The van der Waals surface area contributed by atoms with Crippen LogP contribution >= 0.6 is 0 Å². The molecule has 2 N–H and O–H groups in total. The van der Waals surface area contributed by atoms with Crippen molar-refractivity contribution >= 4 is 0 Å². The molecule has 0 saturated carbocycles. The van der Waals surface area contributed by atoms with Crippen LogP contribution in [-0.4, -0.2) is 39.9 Å². The molecule has 5 heteroatoms. The van der Waals surface area contributed by atoms with E-state index in [-0.39, 0.29) is 5.54 Å². The minimum Gasteiger partial charge on any atom is -0.315 e. The van der Waals surface area contributed by atoms with E-state index in [1.807, 2.05) is 7.05 Å². The Morgan fingerprint density at radius 2 is 2.00 bits per heavy atom. The third kappa shape index (κ3) is 5.82. The molecule has 0 radical (unpaired) electrons. The predicted octanol–water partition coefficient (Wildman–Crippen LogP) is 0.335. The molecule has 1 rings (SSSR count). The first kappa shape index (κ1) is 13.1. The third-order valence-corrected chi connectivity index (χ3v) is 2.13. The van der Waals surface area contributed by atoms with Crippen molar-refractivity contribution in [2.24, 2.45) is 7.05 Å². The van der Waals surface area contributed by atoms with Crippen molar-refractivity contribution in [2.75, 3.05) is 19.6 Å². The number of hydrogen-bond acceptors (Lipinski definition) is 4. The number of rotatable bonds is 6. The molecule has 0 aliphatic carbocycles. The van der Waals surface area contributed by atoms with Crippen LogP contribution in [0.1, 0.15) is 26.6 Å². The summed E-state index contributed by atoms with van der Waals surface area (Å²) in [6.07, 6.45) is 2.62. The monoisotopic (exact) mass is 225 g/mol. The molecule has 1 heterocycles. The topological polar surface area (TPSA) is 54.8 Å². The fourth-order valence-electron chi connectivity index (χ4n) is 1.35. The molecule has 1 aromatic rings. The van der Waals surface area contributed by atoms with E-state index in [1.165, 1.54) is 0 Å². The Kier molecular flexibility index (Phi) is 4.89. The van der Waals surface area contributed by atoms with Crippen LogP contribution in [0.3, 0.4) is 0 Å². The zero-order valence-corrected chi connectivity index (χ0v) is 10.7. The zero-order chi connectivity index (χ0) is 12.0. The van der Waals surface area contributed by atoms with E-state index in [0.29, 0.717) is 0 Å². The zero-order valence-electron chi connectivity index (χ0n) is 10.7. The molecule has 0 aromatic carbocycles. The lowest BCUT2D eigenvalue weighted by Gasteiger charge is -2.20. The van der Waals surface area contributed by atoms with Crippen LogP contribution in [0.4, 0.5) is 0 Å². The number of hydrogen-bond donors (Lipinski definition) is 2. The quantitative estimate of drug-likeness (QED) is 0.685. The van der Waals surface area contributed by atoms with Gasteiger partial charge in [-0.05, 0) is 20.8 Å². The van der Waals surface area contributed by atoms with Crippen molar-refractivity contribution in [1.82, 2.24) is 25.4 Å². The molecule has 0 unspecified atom stereocenters. The molecule has 0 spiro atoms. The van der Waals surface area contributed by atoms with Crippen LogP contribution in [0.5, 0.6) is 0 Å². The average Bonchev–Trinajstić information content (AvgIpc) is 2.56. The van der Waals surface area contributed by atoms with Gasteiger partial charge in [0.25, 0.3) is 0 Å². The first-order valence-corrected chi connectivity index (χ1v) is 5.78. The van der Waals surface area contributed by atoms with Gasteiger partial charge in [0.2, 0.25) is 0 Å². The lowest BCUT2D eigenvalue weighted by molar-refractivity contribution is 0.422. The third-order valence-electron chi connectivity index (χ3n) is 2.13.